The lowest BCUT2D eigenvalue weighted by molar-refractivity contribution is 0.101. The molecular weight excluding hydrogens is 312 g/mol. The third-order valence-corrected chi connectivity index (χ3v) is 4.51. The van der Waals surface area contributed by atoms with E-state index in [1.54, 1.807) is 0 Å². The first-order chi connectivity index (χ1) is 10.2. The molecule has 1 heterocycles. The summed E-state index contributed by atoms with van der Waals surface area (Å²) in [5, 5.41) is 10.0. The van der Waals surface area contributed by atoms with E-state index in [1.807, 2.05) is 6.92 Å². The number of aromatic amines is 1. The molecule has 8 nitrogen and oxygen atoms in total. The van der Waals surface area contributed by atoms with Crippen LogP contribution in [-0.2, 0) is 20.7 Å². The van der Waals surface area contributed by atoms with E-state index >= 15 is 0 Å². The molecular formula is C13H20N2O6S. The van der Waals surface area contributed by atoms with Gasteiger partial charge in [0.05, 0.1) is 19.0 Å². The maximum Gasteiger partial charge on any atom is 0.328 e. The molecule has 0 spiro atoms. The SMILES string of the molecule is CCc1cn([C@@H]2C[C@H](COS(C)(=O)=O)[C@@H](O)C2)c(=O)[nH]c1=O. The van der Waals surface area contributed by atoms with Gasteiger partial charge in [-0.25, -0.2) is 4.79 Å². The Balaban J connectivity index is 2.18. The van der Waals surface area contributed by atoms with Gasteiger partial charge in [0.15, 0.2) is 0 Å². The molecule has 124 valence electrons. The number of aliphatic hydroxyl groups excluding tert-OH is 1. The summed E-state index contributed by atoms with van der Waals surface area (Å²) in [6.07, 6.45) is 2.92. The Morgan fingerprint density at radius 2 is 2.09 bits per heavy atom. The number of aryl methyl sites for hydroxylation is 1. The summed E-state index contributed by atoms with van der Waals surface area (Å²) in [6, 6.07) is -0.294. The average molecular weight is 332 g/mol. The van der Waals surface area contributed by atoms with E-state index in [-0.39, 0.29) is 18.6 Å². The third-order valence-electron chi connectivity index (χ3n) is 3.94. The molecule has 0 saturated heterocycles. The van der Waals surface area contributed by atoms with Crippen molar-refractivity contribution in [3.05, 3.63) is 32.6 Å². The van der Waals surface area contributed by atoms with Gasteiger partial charge in [0.25, 0.3) is 15.7 Å². The topological polar surface area (TPSA) is 118 Å². The molecule has 0 radical (unpaired) electrons. The lowest BCUT2D eigenvalue weighted by atomic mass is 10.1. The monoisotopic (exact) mass is 332 g/mol. The van der Waals surface area contributed by atoms with E-state index in [0.29, 0.717) is 24.8 Å². The fraction of sp³-hybridized carbons (Fsp3) is 0.692. The van der Waals surface area contributed by atoms with E-state index in [4.69, 9.17) is 4.18 Å². The Morgan fingerprint density at radius 3 is 2.68 bits per heavy atom. The molecule has 0 amide bonds. The summed E-state index contributed by atoms with van der Waals surface area (Å²) in [4.78, 5) is 25.8. The van der Waals surface area contributed by atoms with Gasteiger partial charge in [-0.3, -0.25) is 18.5 Å². The molecule has 1 fully saturated rings. The van der Waals surface area contributed by atoms with Crippen molar-refractivity contribution in [3.8, 4) is 0 Å². The minimum Gasteiger partial charge on any atom is -0.393 e. The van der Waals surface area contributed by atoms with E-state index < -0.39 is 27.5 Å². The molecule has 1 saturated carbocycles. The summed E-state index contributed by atoms with van der Waals surface area (Å²) in [6.45, 7) is 1.70. The van der Waals surface area contributed by atoms with Crippen LogP contribution in [-0.4, -0.2) is 42.0 Å². The summed E-state index contributed by atoms with van der Waals surface area (Å²) in [5.74, 6) is -0.372. The zero-order chi connectivity index (χ0) is 16.5. The normalized spacial score (nSPS) is 25.5. The largest absolute Gasteiger partial charge is 0.393 e. The second kappa shape index (κ2) is 6.35. The van der Waals surface area contributed by atoms with Crippen molar-refractivity contribution >= 4 is 10.1 Å². The van der Waals surface area contributed by atoms with Crippen LogP contribution in [0.3, 0.4) is 0 Å². The maximum absolute atomic E-state index is 11.9. The molecule has 1 aliphatic carbocycles. The number of hydrogen-bond donors (Lipinski definition) is 2. The number of hydrogen-bond acceptors (Lipinski definition) is 6. The molecule has 1 aliphatic rings. The maximum atomic E-state index is 11.9. The Kier molecular flexibility index (Phi) is 4.88. The van der Waals surface area contributed by atoms with Crippen LogP contribution in [0, 0.1) is 5.92 Å². The van der Waals surface area contributed by atoms with E-state index in [2.05, 4.69) is 4.98 Å². The number of nitrogens with zero attached hydrogens (tertiary/aromatic N) is 1. The molecule has 1 aromatic heterocycles. The number of rotatable bonds is 5. The van der Waals surface area contributed by atoms with Gasteiger partial charge in [-0.05, 0) is 19.3 Å². The zero-order valence-electron chi connectivity index (χ0n) is 12.5. The van der Waals surface area contributed by atoms with Crippen LogP contribution in [0.25, 0.3) is 0 Å². The van der Waals surface area contributed by atoms with E-state index in [1.165, 1.54) is 10.8 Å². The molecule has 2 N–H and O–H groups in total. The van der Waals surface area contributed by atoms with Crippen molar-refractivity contribution in [1.82, 2.24) is 9.55 Å². The first-order valence-corrected chi connectivity index (χ1v) is 8.89. The second-order valence-electron chi connectivity index (χ2n) is 5.62. The van der Waals surface area contributed by atoms with Gasteiger partial charge in [0.2, 0.25) is 0 Å². The van der Waals surface area contributed by atoms with Gasteiger partial charge in [-0.1, -0.05) is 6.92 Å². The van der Waals surface area contributed by atoms with Crippen molar-refractivity contribution in [1.29, 1.82) is 0 Å². The molecule has 0 unspecified atom stereocenters. The fourth-order valence-corrected chi connectivity index (χ4v) is 3.16. The van der Waals surface area contributed by atoms with Gasteiger partial charge in [0, 0.05) is 23.7 Å². The highest BCUT2D eigenvalue weighted by atomic mass is 32.2. The van der Waals surface area contributed by atoms with Crippen LogP contribution in [0.15, 0.2) is 15.8 Å². The first kappa shape index (κ1) is 16.9. The van der Waals surface area contributed by atoms with Gasteiger partial charge in [-0.15, -0.1) is 0 Å². The third kappa shape index (κ3) is 3.84. The predicted molar refractivity (Wildman–Crippen MR) is 79.3 cm³/mol. The molecule has 0 aliphatic heterocycles. The molecule has 2 rings (SSSR count). The van der Waals surface area contributed by atoms with Crippen LogP contribution < -0.4 is 11.2 Å². The number of nitrogens with one attached hydrogen (secondary N) is 1. The van der Waals surface area contributed by atoms with Crippen LogP contribution in [0.4, 0.5) is 0 Å². The quantitative estimate of drug-likeness (QED) is 0.694. The number of aromatic nitrogens is 2. The Morgan fingerprint density at radius 1 is 1.41 bits per heavy atom. The Hall–Kier alpha value is -1.45. The van der Waals surface area contributed by atoms with Crippen molar-refractivity contribution in [3.63, 3.8) is 0 Å². The highest BCUT2D eigenvalue weighted by molar-refractivity contribution is 7.85. The smallest absolute Gasteiger partial charge is 0.328 e. The number of H-pyrrole nitrogens is 1. The Bertz CT molecular complexity index is 751. The standard InChI is InChI=1S/C13H20N2O6S/c1-3-8-6-15(13(18)14-12(8)17)10-4-9(11(16)5-10)7-21-22(2,19)20/h6,9-11,16H,3-5,7H2,1-2H3,(H,14,17,18)/t9-,10-,11+/m1/s1. The van der Waals surface area contributed by atoms with Gasteiger partial charge < -0.3 is 5.11 Å². The van der Waals surface area contributed by atoms with Gasteiger partial charge in [0.1, 0.15) is 0 Å². The molecule has 1 aromatic rings. The minimum absolute atomic E-state index is 0.116. The van der Waals surface area contributed by atoms with Gasteiger partial charge >= 0.3 is 5.69 Å². The van der Waals surface area contributed by atoms with E-state index in [0.717, 1.165) is 6.26 Å². The molecule has 3 atom stereocenters. The summed E-state index contributed by atoms with van der Waals surface area (Å²) >= 11 is 0. The molecule has 22 heavy (non-hydrogen) atoms. The molecule has 0 bridgehead atoms. The summed E-state index contributed by atoms with van der Waals surface area (Å²) < 4.78 is 28.2. The summed E-state index contributed by atoms with van der Waals surface area (Å²) in [5.41, 5.74) is -0.437. The fourth-order valence-electron chi connectivity index (χ4n) is 2.74. The van der Waals surface area contributed by atoms with Crippen molar-refractivity contribution in [2.75, 3.05) is 12.9 Å². The molecule has 0 aromatic carbocycles. The zero-order valence-corrected chi connectivity index (χ0v) is 13.3. The highest BCUT2D eigenvalue weighted by Crippen LogP contribution is 2.34. The average Bonchev–Trinajstić information content (AvgIpc) is 2.77. The molecule has 9 heteroatoms. The lowest BCUT2D eigenvalue weighted by Gasteiger charge is -2.14. The lowest BCUT2D eigenvalue weighted by Crippen LogP contribution is -2.33. The van der Waals surface area contributed by atoms with Crippen LogP contribution >= 0.6 is 0 Å². The van der Waals surface area contributed by atoms with E-state index in [9.17, 15) is 23.1 Å². The van der Waals surface area contributed by atoms with Crippen molar-refractivity contribution in [2.45, 2.75) is 38.3 Å². The van der Waals surface area contributed by atoms with Crippen LogP contribution in [0.2, 0.25) is 0 Å². The van der Waals surface area contributed by atoms with Gasteiger partial charge in [-0.2, -0.15) is 8.42 Å². The minimum atomic E-state index is -3.57. The van der Waals surface area contributed by atoms with Crippen LogP contribution in [0.5, 0.6) is 0 Å². The number of aliphatic hydroxyl groups is 1. The highest BCUT2D eigenvalue weighted by Gasteiger charge is 2.35. The predicted octanol–water partition coefficient (Wildman–Crippen LogP) is -0.613. The Labute approximate surface area is 127 Å². The van der Waals surface area contributed by atoms with Crippen molar-refractivity contribution in [2.24, 2.45) is 5.92 Å². The summed E-state index contributed by atoms with van der Waals surface area (Å²) in [7, 11) is -3.57. The second-order valence-corrected chi connectivity index (χ2v) is 7.26. The van der Waals surface area contributed by atoms with Crippen molar-refractivity contribution < 1.29 is 17.7 Å². The first-order valence-electron chi connectivity index (χ1n) is 7.08. The van der Waals surface area contributed by atoms with Crippen LogP contribution in [0.1, 0.15) is 31.4 Å².